The predicted octanol–water partition coefficient (Wildman–Crippen LogP) is 6.29. The molecule has 0 saturated heterocycles. The molecule has 0 aromatic heterocycles. The van der Waals surface area contributed by atoms with Crippen LogP contribution in [0.3, 0.4) is 0 Å². The molecule has 3 aromatic rings. The molecule has 0 aliphatic carbocycles. The third-order valence-corrected chi connectivity index (χ3v) is 4.32. The van der Waals surface area contributed by atoms with E-state index >= 15 is 0 Å². The van der Waals surface area contributed by atoms with Gasteiger partial charge in [-0.2, -0.15) is 0 Å². The largest absolute Gasteiger partial charge is 0.325 e. The second kappa shape index (κ2) is 11.5. The molecular weight excluding hydrogens is 335 g/mol. The van der Waals surface area contributed by atoms with Crippen molar-refractivity contribution >= 4 is 13.8 Å². The van der Waals surface area contributed by atoms with E-state index in [9.17, 15) is 4.57 Å². The Hall–Kier alpha value is -2.11. The summed E-state index contributed by atoms with van der Waals surface area (Å²) in [7, 11) is -0.739. The maximum Gasteiger partial charge on any atom is 0.0921 e. The smallest absolute Gasteiger partial charge is 0.0921 e. The average Bonchev–Trinajstić information content (AvgIpc) is 2.54. The molecule has 0 aliphatic heterocycles. The molecule has 0 saturated carbocycles. The van der Waals surface area contributed by atoms with Crippen LogP contribution in [0.4, 0.5) is 0 Å². The summed E-state index contributed by atoms with van der Waals surface area (Å²) in [5.74, 6) is 0. The highest BCUT2D eigenvalue weighted by atomic mass is 31.1. The summed E-state index contributed by atoms with van der Waals surface area (Å²) in [6, 6.07) is 22.5. The van der Waals surface area contributed by atoms with E-state index in [1.165, 1.54) is 33.4 Å². The maximum atomic E-state index is 10.2. The van der Waals surface area contributed by atoms with E-state index in [1.807, 2.05) is 30.3 Å². The molecular formula is C24H31OP. The Labute approximate surface area is 160 Å². The molecule has 0 bridgehead atoms. The van der Waals surface area contributed by atoms with E-state index in [-0.39, 0.29) is 0 Å². The standard InChI is InChI=1S/2C9H12.C6H7OP/c2*1-7-4-8(2)6-9(3)5-7;7-8-6-4-2-1-3-5-6/h2*4-6H,1-3H3;1-5H,8H2. The SMILES string of the molecule is Cc1cc(C)cc(C)c1.Cc1cc(C)cc(C)c1.O=[PH2]c1ccccc1. The molecule has 1 nitrogen and oxygen atoms in total. The van der Waals surface area contributed by atoms with Crippen molar-refractivity contribution in [3.05, 3.63) is 100 Å². The van der Waals surface area contributed by atoms with Gasteiger partial charge in [-0.3, -0.25) is 0 Å². The Bertz CT molecular complexity index is 672. The summed E-state index contributed by atoms with van der Waals surface area (Å²) < 4.78 is 10.2. The fourth-order valence-corrected chi connectivity index (χ4v) is 3.32. The first-order valence-electron chi connectivity index (χ1n) is 8.90. The van der Waals surface area contributed by atoms with Crippen LogP contribution in [0.15, 0.2) is 66.7 Å². The molecule has 0 spiro atoms. The fourth-order valence-electron chi connectivity index (χ4n) is 2.94. The lowest BCUT2D eigenvalue weighted by Crippen LogP contribution is -1.84. The minimum atomic E-state index is -0.739. The van der Waals surface area contributed by atoms with E-state index < -0.39 is 8.46 Å². The lowest BCUT2D eigenvalue weighted by atomic mass is 10.1. The highest BCUT2D eigenvalue weighted by Crippen LogP contribution is 2.07. The zero-order chi connectivity index (χ0) is 19.5. The molecule has 1 atom stereocenters. The van der Waals surface area contributed by atoms with Crippen LogP contribution in [0.1, 0.15) is 33.4 Å². The first-order valence-corrected chi connectivity index (χ1v) is 9.95. The van der Waals surface area contributed by atoms with Crippen molar-refractivity contribution in [3.8, 4) is 0 Å². The molecule has 0 radical (unpaired) electrons. The third-order valence-electron chi connectivity index (χ3n) is 3.67. The average molecular weight is 366 g/mol. The molecule has 0 amide bonds. The molecule has 0 aliphatic rings. The summed E-state index contributed by atoms with van der Waals surface area (Å²) in [5, 5.41) is 0.938. The normalized spacial score (nSPS) is 9.92. The Morgan fingerprint density at radius 3 is 0.962 bits per heavy atom. The van der Waals surface area contributed by atoms with Crippen LogP contribution >= 0.6 is 8.46 Å². The van der Waals surface area contributed by atoms with Crippen molar-refractivity contribution < 1.29 is 4.57 Å². The minimum absolute atomic E-state index is 0.739. The Morgan fingerprint density at radius 1 is 0.500 bits per heavy atom. The monoisotopic (exact) mass is 366 g/mol. The summed E-state index contributed by atoms with van der Waals surface area (Å²) in [6.07, 6.45) is 0. The predicted molar refractivity (Wildman–Crippen MR) is 118 cm³/mol. The quantitative estimate of drug-likeness (QED) is 0.462. The van der Waals surface area contributed by atoms with Crippen LogP contribution in [0.5, 0.6) is 0 Å². The van der Waals surface area contributed by atoms with Crippen molar-refractivity contribution in [3.63, 3.8) is 0 Å². The highest BCUT2D eigenvalue weighted by molar-refractivity contribution is 7.34. The van der Waals surface area contributed by atoms with Gasteiger partial charge in [-0.15, -0.1) is 0 Å². The van der Waals surface area contributed by atoms with Crippen molar-refractivity contribution in [1.82, 2.24) is 0 Å². The fraction of sp³-hybridized carbons (Fsp3) is 0.250. The van der Waals surface area contributed by atoms with E-state index in [0.29, 0.717) is 0 Å². The summed E-state index contributed by atoms with van der Waals surface area (Å²) in [4.78, 5) is 0. The van der Waals surface area contributed by atoms with Gasteiger partial charge in [0, 0.05) is 5.30 Å². The van der Waals surface area contributed by atoms with E-state index in [4.69, 9.17) is 0 Å². The lowest BCUT2D eigenvalue weighted by Gasteiger charge is -1.96. The van der Waals surface area contributed by atoms with Crippen LogP contribution in [0.2, 0.25) is 0 Å². The number of aryl methyl sites for hydroxylation is 6. The topological polar surface area (TPSA) is 17.1 Å². The molecule has 3 aromatic carbocycles. The third kappa shape index (κ3) is 9.39. The molecule has 0 fully saturated rings. The summed E-state index contributed by atoms with van der Waals surface area (Å²) in [5.41, 5.74) is 8.13. The van der Waals surface area contributed by atoms with Crippen LogP contribution in [0.25, 0.3) is 0 Å². The maximum absolute atomic E-state index is 10.2. The van der Waals surface area contributed by atoms with Crippen LogP contribution in [-0.4, -0.2) is 0 Å². The zero-order valence-corrected chi connectivity index (χ0v) is 18.0. The van der Waals surface area contributed by atoms with Gasteiger partial charge in [0.05, 0.1) is 8.46 Å². The number of hydrogen-bond donors (Lipinski definition) is 0. The molecule has 0 N–H and O–H groups in total. The van der Waals surface area contributed by atoms with Gasteiger partial charge in [0.1, 0.15) is 0 Å². The highest BCUT2D eigenvalue weighted by Gasteiger charge is 1.88. The van der Waals surface area contributed by atoms with Crippen molar-refractivity contribution in [2.24, 2.45) is 0 Å². The van der Waals surface area contributed by atoms with Gasteiger partial charge in [-0.05, 0) is 41.5 Å². The van der Waals surface area contributed by atoms with Crippen molar-refractivity contribution in [1.29, 1.82) is 0 Å². The minimum Gasteiger partial charge on any atom is -0.325 e. The van der Waals surface area contributed by atoms with Crippen LogP contribution in [0, 0.1) is 41.5 Å². The Balaban J connectivity index is 0.000000195. The summed E-state index contributed by atoms with van der Waals surface area (Å²) >= 11 is 0. The number of rotatable bonds is 1. The lowest BCUT2D eigenvalue weighted by molar-refractivity contribution is 0.603. The number of benzene rings is 3. The van der Waals surface area contributed by atoms with E-state index in [2.05, 4.69) is 77.9 Å². The van der Waals surface area contributed by atoms with Gasteiger partial charge in [-0.1, -0.05) is 100 Å². The second-order valence-electron chi connectivity index (χ2n) is 6.86. The van der Waals surface area contributed by atoms with Crippen molar-refractivity contribution in [2.75, 3.05) is 0 Å². The molecule has 1 unspecified atom stereocenters. The van der Waals surface area contributed by atoms with Gasteiger partial charge in [0.15, 0.2) is 0 Å². The first-order chi connectivity index (χ1) is 12.3. The number of hydrogen-bond acceptors (Lipinski definition) is 1. The van der Waals surface area contributed by atoms with Gasteiger partial charge >= 0.3 is 0 Å². The van der Waals surface area contributed by atoms with Crippen LogP contribution in [-0.2, 0) is 4.57 Å². The van der Waals surface area contributed by atoms with E-state index in [0.717, 1.165) is 5.30 Å². The molecule has 3 rings (SSSR count). The van der Waals surface area contributed by atoms with Gasteiger partial charge in [-0.25, -0.2) is 0 Å². The van der Waals surface area contributed by atoms with Crippen LogP contribution < -0.4 is 5.30 Å². The summed E-state index contributed by atoms with van der Waals surface area (Å²) in [6.45, 7) is 12.8. The second-order valence-corrected chi connectivity index (χ2v) is 7.76. The first kappa shape index (κ1) is 21.9. The van der Waals surface area contributed by atoms with Gasteiger partial charge < -0.3 is 4.57 Å². The van der Waals surface area contributed by atoms with Gasteiger partial charge in [0.2, 0.25) is 0 Å². The Kier molecular flexibility index (Phi) is 9.70. The Morgan fingerprint density at radius 2 is 0.769 bits per heavy atom. The zero-order valence-electron chi connectivity index (χ0n) is 16.8. The van der Waals surface area contributed by atoms with E-state index in [1.54, 1.807) is 0 Å². The molecule has 26 heavy (non-hydrogen) atoms. The molecule has 138 valence electrons. The molecule has 0 heterocycles. The molecule has 2 heteroatoms. The van der Waals surface area contributed by atoms with Gasteiger partial charge in [0.25, 0.3) is 0 Å². The van der Waals surface area contributed by atoms with Crippen molar-refractivity contribution in [2.45, 2.75) is 41.5 Å².